The predicted octanol–water partition coefficient (Wildman–Crippen LogP) is 2.08. The molecule has 20 heavy (non-hydrogen) atoms. The molecule has 0 saturated carbocycles. The molecule has 1 aromatic rings. The van der Waals surface area contributed by atoms with Crippen molar-refractivity contribution >= 4 is 5.82 Å². The van der Waals surface area contributed by atoms with Crippen molar-refractivity contribution in [2.45, 2.75) is 31.7 Å². The molecule has 3 heterocycles. The number of hydrogen-bond donors (Lipinski definition) is 1. The molecule has 0 aromatic carbocycles. The molecule has 1 aromatic heterocycles. The van der Waals surface area contributed by atoms with Gasteiger partial charge in [-0.2, -0.15) is 0 Å². The third kappa shape index (κ3) is 3.10. The van der Waals surface area contributed by atoms with Crippen LogP contribution in [-0.4, -0.2) is 48.2 Å². The van der Waals surface area contributed by atoms with Crippen LogP contribution in [0.25, 0.3) is 0 Å². The molecule has 0 aliphatic carbocycles. The number of hydrogen-bond acceptors (Lipinski definition) is 5. The van der Waals surface area contributed by atoms with Crippen molar-refractivity contribution < 1.29 is 4.74 Å². The van der Waals surface area contributed by atoms with Crippen molar-refractivity contribution in [1.29, 1.82) is 0 Å². The summed E-state index contributed by atoms with van der Waals surface area (Å²) in [6.45, 7) is 4.23. The second kappa shape index (κ2) is 6.50. The second-order valence-corrected chi connectivity index (χ2v) is 5.79. The van der Waals surface area contributed by atoms with Crippen LogP contribution in [-0.2, 0) is 4.74 Å². The van der Waals surface area contributed by atoms with E-state index in [2.05, 4.69) is 20.2 Å². The van der Waals surface area contributed by atoms with Gasteiger partial charge in [0.15, 0.2) is 0 Å². The lowest BCUT2D eigenvalue weighted by Crippen LogP contribution is -2.32. The Balaban J connectivity index is 1.67. The summed E-state index contributed by atoms with van der Waals surface area (Å²) in [5.74, 6) is 1.64. The van der Waals surface area contributed by atoms with E-state index in [9.17, 15) is 0 Å². The maximum atomic E-state index is 5.46. The van der Waals surface area contributed by atoms with Crippen molar-refractivity contribution in [3.8, 4) is 0 Å². The van der Waals surface area contributed by atoms with Gasteiger partial charge < -0.3 is 10.1 Å². The number of rotatable bonds is 4. The highest BCUT2D eigenvalue weighted by Crippen LogP contribution is 2.32. The van der Waals surface area contributed by atoms with Crippen LogP contribution < -0.4 is 5.32 Å². The first kappa shape index (κ1) is 13.8. The van der Waals surface area contributed by atoms with E-state index in [0.717, 1.165) is 30.6 Å². The molecule has 5 heteroatoms. The average Bonchev–Trinajstić information content (AvgIpc) is 2.96. The molecule has 2 saturated heterocycles. The Hall–Kier alpha value is -1.20. The largest absolute Gasteiger partial charge is 0.381 e. The molecule has 0 amide bonds. The molecule has 110 valence electrons. The molecule has 3 rings (SSSR count). The molecule has 5 nitrogen and oxygen atoms in total. The van der Waals surface area contributed by atoms with Crippen LogP contribution in [0, 0.1) is 5.92 Å². The molecule has 2 aliphatic rings. The van der Waals surface area contributed by atoms with E-state index in [1.807, 2.05) is 13.2 Å². The zero-order valence-electron chi connectivity index (χ0n) is 12.2. The first-order valence-electron chi connectivity index (χ1n) is 7.68. The maximum Gasteiger partial charge on any atom is 0.144 e. The van der Waals surface area contributed by atoms with Crippen LogP contribution in [0.1, 0.15) is 37.4 Å². The van der Waals surface area contributed by atoms with Crippen molar-refractivity contribution in [3.63, 3.8) is 0 Å². The third-order valence-electron chi connectivity index (χ3n) is 4.45. The van der Waals surface area contributed by atoms with E-state index in [4.69, 9.17) is 4.74 Å². The number of nitrogens with zero attached hydrogens (tertiary/aromatic N) is 3. The Bertz CT molecular complexity index is 434. The number of aromatic nitrogens is 2. The Morgan fingerprint density at radius 2 is 2.15 bits per heavy atom. The molecule has 0 unspecified atom stereocenters. The van der Waals surface area contributed by atoms with Gasteiger partial charge in [-0.25, -0.2) is 4.98 Å². The topological polar surface area (TPSA) is 50.3 Å². The van der Waals surface area contributed by atoms with Crippen molar-refractivity contribution in [3.05, 3.63) is 18.1 Å². The molecule has 0 bridgehead atoms. The van der Waals surface area contributed by atoms with Crippen molar-refractivity contribution in [1.82, 2.24) is 14.9 Å². The van der Waals surface area contributed by atoms with Crippen LogP contribution in [0.2, 0.25) is 0 Å². The Morgan fingerprint density at radius 3 is 2.95 bits per heavy atom. The normalized spacial score (nSPS) is 24.9. The summed E-state index contributed by atoms with van der Waals surface area (Å²) in [5.41, 5.74) is 1.11. The van der Waals surface area contributed by atoms with E-state index < -0.39 is 0 Å². The molecule has 1 atom stereocenters. The quantitative estimate of drug-likeness (QED) is 0.912. The number of anilines is 1. The highest BCUT2D eigenvalue weighted by molar-refractivity contribution is 5.31. The fraction of sp³-hybridized carbons (Fsp3) is 0.733. The summed E-state index contributed by atoms with van der Waals surface area (Å²) in [7, 11) is 1.89. The first-order valence-corrected chi connectivity index (χ1v) is 7.68. The van der Waals surface area contributed by atoms with Gasteiger partial charge in [-0.05, 0) is 38.1 Å². The standard InChI is InChI=1S/C15H24N4O/c1-16-15-10-17-9-13(18-15)14-3-2-6-19(14)11-12-4-7-20-8-5-12/h9-10,12,14H,2-8,11H2,1H3,(H,16,18)/t14-/m0/s1. The van der Waals surface area contributed by atoms with Crippen molar-refractivity contribution in [2.75, 3.05) is 38.7 Å². The highest BCUT2D eigenvalue weighted by atomic mass is 16.5. The summed E-state index contributed by atoms with van der Waals surface area (Å²) in [6, 6.07) is 0.443. The van der Waals surface area contributed by atoms with Gasteiger partial charge in [-0.1, -0.05) is 0 Å². The monoisotopic (exact) mass is 276 g/mol. The minimum absolute atomic E-state index is 0.443. The first-order chi connectivity index (χ1) is 9.86. The van der Waals surface area contributed by atoms with Gasteiger partial charge in [-0.15, -0.1) is 0 Å². The van der Waals surface area contributed by atoms with Gasteiger partial charge in [0.1, 0.15) is 5.82 Å². The van der Waals surface area contributed by atoms with E-state index in [0.29, 0.717) is 6.04 Å². The Kier molecular flexibility index (Phi) is 4.47. The van der Waals surface area contributed by atoms with Crippen LogP contribution in [0.4, 0.5) is 5.82 Å². The van der Waals surface area contributed by atoms with Crippen LogP contribution in [0.3, 0.4) is 0 Å². The molecule has 0 spiro atoms. The second-order valence-electron chi connectivity index (χ2n) is 5.79. The minimum atomic E-state index is 0.443. The van der Waals surface area contributed by atoms with E-state index in [-0.39, 0.29) is 0 Å². The van der Waals surface area contributed by atoms with Crippen LogP contribution in [0.5, 0.6) is 0 Å². The van der Waals surface area contributed by atoms with Gasteiger partial charge in [0, 0.05) is 26.8 Å². The SMILES string of the molecule is CNc1cncc([C@@H]2CCCN2CC2CCOCC2)n1. The summed E-state index contributed by atoms with van der Waals surface area (Å²) in [4.78, 5) is 11.6. The number of ether oxygens (including phenoxy) is 1. The van der Waals surface area contributed by atoms with Gasteiger partial charge in [0.2, 0.25) is 0 Å². The van der Waals surface area contributed by atoms with E-state index in [1.165, 1.54) is 38.8 Å². The van der Waals surface area contributed by atoms with Crippen LogP contribution in [0.15, 0.2) is 12.4 Å². The fourth-order valence-electron chi connectivity index (χ4n) is 3.30. The number of likely N-dealkylation sites (tertiary alicyclic amines) is 1. The summed E-state index contributed by atoms with van der Waals surface area (Å²) in [6.07, 6.45) is 8.57. The lowest BCUT2D eigenvalue weighted by atomic mass is 9.99. The summed E-state index contributed by atoms with van der Waals surface area (Å²) in [5, 5.41) is 3.08. The van der Waals surface area contributed by atoms with Gasteiger partial charge in [0.05, 0.1) is 24.1 Å². The molecule has 2 fully saturated rings. The van der Waals surface area contributed by atoms with E-state index >= 15 is 0 Å². The zero-order valence-corrected chi connectivity index (χ0v) is 12.2. The molecular weight excluding hydrogens is 252 g/mol. The Morgan fingerprint density at radius 1 is 1.30 bits per heavy atom. The van der Waals surface area contributed by atoms with E-state index in [1.54, 1.807) is 6.20 Å². The molecule has 2 aliphatic heterocycles. The smallest absolute Gasteiger partial charge is 0.144 e. The fourth-order valence-corrected chi connectivity index (χ4v) is 3.30. The average molecular weight is 276 g/mol. The molecule has 0 radical (unpaired) electrons. The maximum absolute atomic E-state index is 5.46. The van der Waals surface area contributed by atoms with Crippen LogP contribution >= 0.6 is 0 Å². The minimum Gasteiger partial charge on any atom is -0.381 e. The summed E-state index contributed by atoms with van der Waals surface area (Å²) < 4.78 is 5.46. The molecular formula is C15H24N4O. The predicted molar refractivity (Wildman–Crippen MR) is 78.7 cm³/mol. The Labute approximate surface area is 120 Å². The lowest BCUT2D eigenvalue weighted by Gasteiger charge is -2.30. The zero-order chi connectivity index (χ0) is 13.8. The van der Waals surface area contributed by atoms with Crippen molar-refractivity contribution in [2.24, 2.45) is 5.92 Å². The van der Waals surface area contributed by atoms with Gasteiger partial charge in [0.25, 0.3) is 0 Å². The molecule has 1 N–H and O–H groups in total. The van der Waals surface area contributed by atoms with Gasteiger partial charge >= 0.3 is 0 Å². The summed E-state index contributed by atoms with van der Waals surface area (Å²) >= 11 is 0. The lowest BCUT2D eigenvalue weighted by molar-refractivity contribution is 0.0504. The van der Waals surface area contributed by atoms with Gasteiger partial charge in [-0.3, -0.25) is 9.88 Å². The number of nitrogens with one attached hydrogen (secondary N) is 1. The third-order valence-corrected chi connectivity index (χ3v) is 4.45. The highest BCUT2D eigenvalue weighted by Gasteiger charge is 2.29.